The van der Waals surface area contributed by atoms with Crippen molar-refractivity contribution in [3.63, 3.8) is 0 Å². The van der Waals surface area contributed by atoms with Crippen molar-refractivity contribution in [2.45, 2.75) is 13.3 Å². The Morgan fingerprint density at radius 3 is 3.15 bits per heavy atom. The van der Waals surface area contributed by atoms with E-state index in [2.05, 4.69) is 15.7 Å². The van der Waals surface area contributed by atoms with Gasteiger partial charge in [-0.2, -0.15) is 8.75 Å². The molecule has 4 nitrogen and oxygen atoms in total. The fourth-order valence-corrected chi connectivity index (χ4v) is 1.95. The zero-order chi connectivity index (χ0) is 9.26. The highest BCUT2D eigenvalue weighted by Crippen LogP contribution is 2.16. The van der Waals surface area contributed by atoms with Gasteiger partial charge < -0.3 is 4.90 Å². The fourth-order valence-electron chi connectivity index (χ4n) is 1.54. The van der Waals surface area contributed by atoms with Crippen molar-refractivity contribution in [1.82, 2.24) is 13.6 Å². The van der Waals surface area contributed by atoms with E-state index in [1.54, 1.807) is 0 Å². The van der Waals surface area contributed by atoms with E-state index in [4.69, 9.17) is 0 Å². The van der Waals surface area contributed by atoms with Gasteiger partial charge in [-0.1, -0.05) is 6.92 Å². The summed E-state index contributed by atoms with van der Waals surface area (Å²) in [6.45, 7) is 3.88. The van der Waals surface area contributed by atoms with Crippen molar-refractivity contribution in [3.8, 4) is 0 Å². The summed E-state index contributed by atoms with van der Waals surface area (Å²) in [5, 5.41) is 0. The maximum Gasteiger partial charge on any atom is 0.275 e. The normalized spacial score (nSPS) is 22.2. The van der Waals surface area contributed by atoms with Gasteiger partial charge >= 0.3 is 0 Å². The van der Waals surface area contributed by atoms with Crippen LogP contribution in [0.15, 0.2) is 6.20 Å². The minimum Gasteiger partial charge on any atom is -0.337 e. The van der Waals surface area contributed by atoms with Crippen LogP contribution >= 0.6 is 11.7 Å². The third-order valence-corrected chi connectivity index (χ3v) is 2.77. The first-order valence-corrected chi connectivity index (χ1v) is 5.07. The molecule has 0 spiro atoms. The van der Waals surface area contributed by atoms with Crippen LogP contribution in [0.25, 0.3) is 0 Å². The minimum atomic E-state index is 0.0260. The number of likely N-dealkylation sites (tertiary alicyclic amines) is 1. The lowest BCUT2D eigenvalue weighted by Gasteiger charge is -2.13. The Morgan fingerprint density at radius 1 is 1.77 bits per heavy atom. The Balaban J connectivity index is 2.06. The second kappa shape index (κ2) is 3.41. The van der Waals surface area contributed by atoms with Crippen LogP contribution < -0.4 is 0 Å². The van der Waals surface area contributed by atoms with Gasteiger partial charge in [0.05, 0.1) is 17.9 Å². The lowest BCUT2D eigenvalue weighted by atomic mass is 10.2. The third-order valence-electron chi connectivity index (χ3n) is 2.29. The molecule has 0 N–H and O–H groups in total. The first-order chi connectivity index (χ1) is 6.27. The summed E-state index contributed by atoms with van der Waals surface area (Å²) < 4.78 is 7.74. The molecular weight excluding hydrogens is 186 g/mol. The SMILES string of the molecule is CC1CCN(C(=O)c2cnsn2)C1. The predicted molar refractivity (Wildman–Crippen MR) is 49.6 cm³/mol. The molecule has 1 unspecified atom stereocenters. The summed E-state index contributed by atoms with van der Waals surface area (Å²) in [7, 11) is 0. The number of hydrogen-bond donors (Lipinski definition) is 0. The number of amides is 1. The molecule has 1 amide bonds. The van der Waals surface area contributed by atoms with E-state index in [1.165, 1.54) is 6.20 Å². The highest BCUT2D eigenvalue weighted by molar-refractivity contribution is 6.99. The zero-order valence-corrected chi connectivity index (χ0v) is 8.25. The minimum absolute atomic E-state index is 0.0260. The molecule has 70 valence electrons. The van der Waals surface area contributed by atoms with Gasteiger partial charge in [0.2, 0.25) is 0 Å². The number of rotatable bonds is 1. The Bertz CT molecular complexity index is 298. The summed E-state index contributed by atoms with van der Waals surface area (Å²) >= 11 is 1.08. The lowest BCUT2D eigenvalue weighted by molar-refractivity contribution is 0.0783. The van der Waals surface area contributed by atoms with E-state index in [0.717, 1.165) is 31.2 Å². The molecule has 5 heteroatoms. The standard InChI is InChI=1S/C8H11N3OS/c1-6-2-3-11(5-6)8(12)7-4-9-13-10-7/h4,6H,2-3,5H2,1H3. The molecule has 1 aliphatic rings. The van der Waals surface area contributed by atoms with Crippen LogP contribution in [0.3, 0.4) is 0 Å². The van der Waals surface area contributed by atoms with Gasteiger partial charge in [0, 0.05) is 13.1 Å². The maximum atomic E-state index is 11.7. The summed E-state index contributed by atoms with van der Waals surface area (Å²) in [6, 6.07) is 0. The highest BCUT2D eigenvalue weighted by Gasteiger charge is 2.25. The summed E-state index contributed by atoms with van der Waals surface area (Å²) in [5.74, 6) is 0.647. The largest absolute Gasteiger partial charge is 0.337 e. The van der Waals surface area contributed by atoms with Crippen LogP contribution in [0.4, 0.5) is 0 Å². The Labute approximate surface area is 80.9 Å². The van der Waals surface area contributed by atoms with E-state index in [0.29, 0.717) is 11.6 Å². The second-order valence-electron chi connectivity index (χ2n) is 3.44. The molecule has 1 aliphatic heterocycles. The van der Waals surface area contributed by atoms with Crippen LogP contribution in [0.5, 0.6) is 0 Å². The van der Waals surface area contributed by atoms with Gasteiger partial charge in [0.15, 0.2) is 5.69 Å². The molecule has 1 aromatic heterocycles. The number of carbonyl (C=O) groups is 1. The quantitative estimate of drug-likeness (QED) is 0.675. The van der Waals surface area contributed by atoms with Crippen LogP contribution in [0.1, 0.15) is 23.8 Å². The number of aromatic nitrogens is 2. The van der Waals surface area contributed by atoms with Crippen LogP contribution in [-0.4, -0.2) is 32.6 Å². The van der Waals surface area contributed by atoms with E-state index < -0.39 is 0 Å². The molecule has 2 rings (SSSR count). The maximum absolute atomic E-state index is 11.7. The smallest absolute Gasteiger partial charge is 0.275 e. The van der Waals surface area contributed by atoms with Gasteiger partial charge in [0.1, 0.15) is 0 Å². The van der Waals surface area contributed by atoms with Crippen LogP contribution in [0, 0.1) is 5.92 Å². The van der Waals surface area contributed by atoms with Gasteiger partial charge in [-0.15, -0.1) is 0 Å². The molecule has 2 heterocycles. The molecule has 0 aliphatic carbocycles. The molecule has 1 atom stereocenters. The average molecular weight is 197 g/mol. The Kier molecular flexibility index (Phi) is 2.26. The monoisotopic (exact) mass is 197 g/mol. The van der Waals surface area contributed by atoms with Crippen molar-refractivity contribution >= 4 is 17.6 Å². The van der Waals surface area contributed by atoms with E-state index in [-0.39, 0.29) is 5.91 Å². The van der Waals surface area contributed by atoms with Crippen molar-refractivity contribution in [2.75, 3.05) is 13.1 Å². The van der Waals surface area contributed by atoms with Gasteiger partial charge in [-0.25, -0.2) is 0 Å². The zero-order valence-electron chi connectivity index (χ0n) is 7.43. The molecule has 0 saturated carbocycles. The molecule has 13 heavy (non-hydrogen) atoms. The topological polar surface area (TPSA) is 46.1 Å². The van der Waals surface area contributed by atoms with Crippen molar-refractivity contribution in [1.29, 1.82) is 0 Å². The second-order valence-corrected chi connectivity index (χ2v) is 3.99. The Hall–Kier alpha value is -0.970. The van der Waals surface area contributed by atoms with E-state index in [9.17, 15) is 4.79 Å². The van der Waals surface area contributed by atoms with Crippen molar-refractivity contribution in [3.05, 3.63) is 11.9 Å². The molecular formula is C8H11N3OS. The molecule has 1 saturated heterocycles. The highest BCUT2D eigenvalue weighted by atomic mass is 32.1. The number of carbonyl (C=O) groups excluding carboxylic acids is 1. The Morgan fingerprint density at radius 2 is 2.62 bits per heavy atom. The molecule has 0 bridgehead atoms. The van der Waals surface area contributed by atoms with Crippen LogP contribution in [-0.2, 0) is 0 Å². The summed E-state index contributed by atoms with van der Waals surface area (Å²) in [4.78, 5) is 13.5. The van der Waals surface area contributed by atoms with Crippen molar-refractivity contribution < 1.29 is 4.79 Å². The van der Waals surface area contributed by atoms with Crippen molar-refractivity contribution in [2.24, 2.45) is 5.92 Å². The van der Waals surface area contributed by atoms with Gasteiger partial charge in [-0.3, -0.25) is 4.79 Å². The van der Waals surface area contributed by atoms with Crippen LogP contribution in [0.2, 0.25) is 0 Å². The van der Waals surface area contributed by atoms with E-state index >= 15 is 0 Å². The first-order valence-electron chi connectivity index (χ1n) is 4.34. The predicted octanol–water partition coefficient (Wildman–Crippen LogP) is 1.02. The summed E-state index contributed by atoms with van der Waals surface area (Å²) in [5.41, 5.74) is 0.485. The number of nitrogens with zero attached hydrogens (tertiary/aromatic N) is 3. The van der Waals surface area contributed by atoms with Gasteiger partial charge in [0.25, 0.3) is 5.91 Å². The fraction of sp³-hybridized carbons (Fsp3) is 0.625. The summed E-state index contributed by atoms with van der Waals surface area (Å²) in [6.07, 6.45) is 2.64. The first kappa shape index (κ1) is 8.62. The molecule has 1 aromatic rings. The van der Waals surface area contributed by atoms with E-state index in [1.807, 2.05) is 4.90 Å². The molecule has 1 fully saturated rings. The third kappa shape index (κ3) is 1.70. The average Bonchev–Trinajstić information content (AvgIpc) is 2.72. The number of hydrogen-bond acceptors (Lipinski definition) is 4. The molecule has 0 radical (unpaired) electrons. The van der Waals surface area contributed by atoms with Gasteiger partial charge in [-0.05, 0) is 12.3 Å². The lowest BCUT2D eigenvalue weighted by Crippen LogP contribution is -2.28. The molecule has 0 aromatic carbocycles.